The number of amides is 1. The molecule has 4 nitrogen and oxygen atoms in total. The van der Waals surface area contributed by atoms with E-state index in [2.05, 4.69) is 24.4 Å². The molecule has 1 unspecified atom stereocenters. The maximum Gasteiger partial charge on any atom is 0.220 e. The van der Waals surface area contributed by atoms with E-state index < -0.39 is 0 Å². The molecule has 1 heterocycles. The zero-order valence-corrected chi connectivity index (χ0v) is 15.1. The van der Waals surface area contributed by atoms with E-state index in [0.717, 1.165) is 24.2 Å². The second-order valence-electron chi connectivity index (χ2n) is 7.41. The fourth-order valence-corrected chi connectivity index (χ4v) is 3.41. The van der Waals surface area contributed by atoms with Crippen LogP contribution >= 0.6 is 0 Å². The fourth-order valence-electron chi connectivity index (χ4n) is 3.41. The lowest BCUT2D eigenvalue weighted by molar-refractivity contribution is -0.122. The molecule has 132 valence electrons. The van der Waals surface area contributed by atoms with Crippen LogP contribution in [-0.2, 0) is 11.2 Å². The first kappa shape index (κ1) is 17.3. The molecule has 3 N–H and O–H groups in total. The van der Waals surface area contributed by atoms with Gasteiger partial charge in [0, 0.05) is 24.1 Å². The van der Waals surface area contributed by atoms with E-state index in [1.807, 2.05) is 44.2 Å². The second kappa shape index (κ2) is 6.79. The molecule has 0 aromatic heterocycles. The normalized spacial score (nSPS) is 18.1. The lowest BCUT2D eigenvalue weighted by atomic mass is 9.89. The predicted molar refractivity (Wildman–Crippen MR) is 101 cm³/mol. The minimum Gasteiger partial charge on any atom is -0.487 e. The fraction of sp³-hybridized carbons (Fsp3) is 0.381. The molecule has 1 atom stereocenters. The third-order valence-electron chi connectivity index (χ3n) is 4.71. The van der Waals surface area contributed by atoms with Crippen LogP contribution in [0.3, 0.4) is 0 Å². The Morgan fingerprint density at radius 2 is 2.04 bits per heavy atom. The maximum absolute atomic E-state index is 12.5. The van der Waals surface area contributed by atoms with Crippen molar-refractivity contribution in [2.75, 3.05) is 5.73 Å². The number of nitrogens with two attached hydrogens (primary N) is 1. The molecule has 1 aliphatic rings. The van der Waals surface area contributed by atoms with Crippen molar-refractivity contribution in [3.8, 4) is 5.75 Å². The third kappa shape index (κ3) is 4.13. The number of carbonyl (C=O) groups is 1. The summed E-state index contributed by atoms with van der Waals surface area (Å²) in [6.07, 6.45) is 1.94. The van der Waals surface area contributed by atoms with Crippen LogP contribution in [0.5, 0.6) is 5.75 Å². The summed E-state index contributed by atoms with van der Waals surface area (Å²) in [6.45, 7) is 6.16. The first-order chi connectivity index (χ1) is 11.8. The quantitative estimate of drug-likeness (QED) is 0.830. The van der Waals surface area contributed by atoms with Crippen LogP contribution in [0.15, 0.2) is 42.5 Å². The molecule has 0 saturated heterocycles. The average molecular weight is 338 g/mol. The van der Waals surface area contributed by atoms with Crippen LogP contribution in [0.1, 0.15) is 49.4 Å². The Morgan fingerprint density at radius 3 is 2.80 bits per heavy atom. The smallest absolute Gasteiger partial charge is 0.220 e. The molecule has 2 aromatic rings. The van der Waals surface area contributed by atoms with Crippen molar-refractivity contribution in [1.29, 1.82) is 0 Å². The van der Waals surface area contributed by atoms with Gasteiger partial charge >= 0.3 is 0 Å². The predicted octanol–water partition coefficient (Wildman–Crippen LogP) is 3.93. The monoisotopic (exact) mass is 338 g/mol. The third-order valence-corrected chi connectivity index (χ3v) is 4.71. The van der Waals surface area contributed by atoms with Crippen molar-refractivity contribution in [2.45, 2.75) is 51.7 Å². The van der Waals surface area contributed by atoms with Crippen LogP contribution in [0.4, 0.5) is 5.69 Å². The van der Waals surface area contributed by atoms with Crippen LogP contribution in [0.2, 0.25) is 0 Å². The summed E-state index contributed by atoms with van der Waals surface area (Å²) in [5.41, 5.74) is 9.69. The lowest BCUT2D eigenvalue weighted by Crippen LogP contribution is -2.41. The molecule has 0 bridgehead atoms. The minimum atomic E-state index is -0.322. The number of nitrogen functional groups attached to an aromatic ring is 1. The molecule has 3 rings (SSSR count). The van der Waals surface area contributed by atoms with Crippen LogP contribution in [0, 0.1) is 6.92 Å². The maximum atomic E-state index is 12.5. The minimum absolute atomic E-state index is 0.0549. The molecular formula is C21H26N2O2. The first-order valence-corrected chi connectivity index (χ1v) is 8.76. The molecule has 0 aliphatic carbocycles. The number of hydrogen-bond acceptors (Lipinski definition) is 3. The van der Waals surface area contributed by atoms with Crippen molar-refractivity contribution >= 4 is 11.6 Å². The van der Waals surface area contributed by atoms with Crippen LogP contribution in [0.25, 0.3) is 0 Å². The van der Waals surface area contributed by atoms with Gasteiger partial charge in [0.15, 0.2) is 0 Å². The molecule has 0 fully saturated rings. The van der Waals surface area contributed by atoms with E-state index in [9.17, 15) is 4.79 Å². The molecule has 2 aromatic carbocycles. The SMILES string of the molecule is Cc1ccccc1CCC(=O)NC1CC(C)(C)Oc2ccc(N)cc21. The standard InChI is InChI=1S/C21H26N2O2/c1-14-6-4-5-7-15(14)8-11-20(24)23-18-13-21(2,3)25-19-10-9-16(22)12-17(18)19/h4-7,9-10,12,18H,8,11,13,22H2,1-3H3,(H,23,24). The first-order valence-electron chi connectivity index (χ1n) is 8.76. The number of benzene rings is 2. The van der Waals surface area contributed by atoms with Crippen molar-refractivity contribution < 1.29 is 9.53 Å². The van der Waals surface area contributed by atoms with Gasteiger partial charge in [0.25, 0.3) is 0 Å². The number of rotatable bonds is 4. The van der Waals surface area contributed by atoms with E-state index in [1.165, 1.54) is 11.1 Å². The number of fused-ring (bicyclic) bond motifs is 1. The van der Waals surface area contributed by atoms with Crippen molar-refractivity contribution in [1.82, 2.24) is 5.32 Å². The highest BCUT2D eigenvalue weighted by molar-refractivity contribution is 5.77. The summed E-state index contributed by atoms with van der Waals surface area (Å²) in [5.74, 6) is 0.856. The van der Waals surface area contributed by atoms with Gasteiger partial charge in [-0.05, 0) is 56.5 Å². The van der Waals surface area contributed by atoms with Crippen molar-refractivity contribution in [3.63, 3.8) is 0 Å². The zero-order valence-electron chi connectivity index (χ0n) is 15.1. The van der Waals surface area contributed by atoms with Gasteiger partial charge in [0.1, 0.15) is 11.4 Å². The van der Waals surface area contributed by atoms with Gasteiger partial charge in [-0.25, -0.2) is 0 Å². The van der Waals surface area contributed by atoms with Gasteiger partial charge in [0.05, 0.1) is 6.04 Å². The number of aryl methyl sites for hydroxylation is 2. The Kier molecular flexibility index (Phi) is 4.71. The Bertz CT molecular complexity index is 783. The summed E-state index contributed by atoms with van der Waals surface area (Å²) >= 11 is 0. The van der Waals surface area contributed by atoms with Crippen LogP contribution < -0.4 is 15.8 Å². The molecule has 4 heteroatoms. The van der Waals surface area contributed by atoms with E-state index in [4.69, 9.17) is 10.5 Å². The largest absolute Gasteiger partial charge is 0.487 e. The van der Waals surface area contributed by atoms with Gasteiger partial charge < -0.3 is 15.8 Å². The van der Waals surface area contributed by atoms with Gasteiger partial charge in [-0.15, -0.1) is 0 Å². The Balaban J connectivity index is 1.70. The molecule has 1 amide bonds. The van der Waals surface area contributed by atoms with E-state index in [1.54, 1.807) is 0 Å². The number of nitrogens with one attached hydrogen (secondary N) is 1. The summed E-state index contributed by atoms with van der Waals surface area (Å²) in [5, 5.41) is 3.17. The lowest BCUT2D eigenvalue weighted by Gasteiger charge is -2.38. The number of hydrogen-bond donors (Lipinski definition) is 2. The molecule has 0 spiro atoms. The molecule has 1 aliphatic heterocycles. The Hall–Kier alpha value is -2.49. The molecule has 0 radical (unpaired) electrons. The summed E-state index contributed by atoms with van der Waals surface area (Å²) < 4.78 is 6.02. The van der Waals surface area contributed by atoms with Gasteiger partial charge in [-0.2, -0.15) is 0 Å². The second-order valence-corrected chi connectivity index (χ2v) is 7.41. The highest BCUT2D eigenvalue weighted by Gasteiger charge is 2.34. The molecule has 25 heavy (non-hydrogen) atoms. The van der Waals surface area contributed by atoms with Crippen LogP contribution in [-0.4, -0.2) is 11.5 Å². The van der Waals surface area contributed by atoms with Gasteiger partial charge in [-0.1, -0.05) is 24.3 Å². The number of carbonyl (C=O) groups excluding carboxylic acids is 1. The summed E-state index contributed by atoms with van der Waals surface area (Å²) in [6, 6.07) is 13.7. The highest BCUT2D eigenvalue weighted by Crippen LogP contribution is 2.40. The highest BCUT2D eigenvalue weighted by atomic mass is 16.5. The zero-order chi connectivity index (χ0) is 18.0. The number of ether oxygens (including phenoxy) is 1. The average Bonchev–Trinajstić information content (AvgIpc) is 2.54. The Labute approximate surface area is 149 Å². The topological polar surface area (TPSA) is 64.3 Å². The van der Waals surface area contributed by atoms with Gasteiger partial charge in [-0.3, -0.25) is 4.79 Å². The van der Waals surface area contributed by atoms with Gasteiger partial charge in [0.2, 0.25) is 5.91 Å². The number of anilines is 1. The van der Waals surface area contributed by atoms with Crippen molar-refractivity contribution in [2.24, 2.45) is 0 Å². The molecular weight excluding hydrogens is 312 g/mol. The van der Waals surface area contributed by atoms with E-state index in [-0.39, 0.29) is 17.6 Å². The van der Waals surface area contributed by atoms with E-state index in [0.29, 0.717) is 12.1 Å². The Morgan fingerprint density at radius 1 is 1.28 bits per heavy atom. The van der Waals surface area contributed by atoms with E-state index >= 15 is 0 Å². The molecule has 0 saturated carbocycles. The van der Waals surface area contributed by atoms with Crippen molar-refractivity contribution in [3.05, 3.63) is 59.2 Å². The summed E-state index contributed by atoms with van der Waals surface area (Å²) in [7, 11) is 0. The summed E-state index contributed by atoms with van der Waals surface area (Å²) in [4.78, 5) is 12.5.